The molecule has 1 amide bonds. The van der Waals surface area contributed by atoms with Crippen molar-refractivity contribution in [2.75, 3.05) is 0 Å². The van der Waals surface area contributed by atoms with E-state index in [9.17, 15) is 4.79 Å². The fourth-order valence-corrected chi connectivity index (χ4v) is 1.58. The molecule has 0 atom stereocenters. The number of rotatable bonds is 1. The average molecular weight is 341 g/mol. The van der Waals surface area contributed by atoms with Gasteiger partial charge in [0.2, 0.25) is 0 Å². The van der Waals surface area contributed by atoms with Gasteiger partial charge in [-0.2, -0.15) is 0 Å². The van der Waals surface area contributed by atoms with Crippen molar-refractivity contribution in [2.45, 2.75) is 0 Å². The molecule has 2 aromatic rings. The predicted octanol–water partition coefficient (Wildman–Crippen LogP) is 2.67. The van der Waals surface area contributed by atoms with Gasteiger partial charge in [-0.1, -0.05) is 46.4 Å². The highest BCUT2D eigenvalue weighted by atomic mass is 35.5. The standard InChI is InChI=1S/C5H3Cl2N3O.C4H2Cl2N2/c6-2-1-9-3(5(8)11)4(7)10-2;5-3-1-7-2-4(6)8-3/h1H,(H2,8,11);1-2H. The molecular formula is C9H5Cl4N5O. The van der Waals surface area contributed by atoms with Gasteiger partial charge in [0.1, 0.15) is 15.5 Å². The number of primary amides is 1. The highest BCUT2D eigenvalue weighted by molar-refractivity contribution is 6.34. The van der Waals surface area contributed by atoms with Gasteiger partial charge < -0.3 is 5.73 Å². The zero-order valence-electron chi connectivity index (χ0n) is 9.02. The molecule has 0 saturated carbocycles. The molecule has 0 bridgehead atoms. The Balaban J connectivity index is 0.000000200. The fraction of sp³-hybridized carbons (Fsp3) is 0. The molecule has 0 aliphatic heterocycles. The summed E-state index contributed by atoms with van der Waals surface area (Å²) in [5.74, 6) is -0.723. The molecule has 10 heteroatoms. The summed E-state index contributed by atoms with van der Waals surface area (Å²) in [4.78, 5) is 25.0. The van der Waals surface area contributed by atoms with Crippen molar-refractivity contribution in [1.82, 2.24) is 19.9 Å². The van der Waals surface area contributed by atoms with E-state index in [-0.39, 0.29) is 16.0 Å². The first kappa shape index (κ1) is 15.8. The van der Waals surface area contributed by atoms with Crippen LogP contribution in [-0.2, 0) is 0 Å². The Kier molecular flexibility index (Phi) is 6.17. The third kappa shape index (κ3) is 5.52. The molecule has 0 saturated heterocycles. The van der Waals surface area contributed by atoms with Gasteiger partial charge in [-0.05, 0) is 0 Å². The Bertz CT molecular complexity index is 577. The lowest BCUT2D eigenvalue weighted by atomic mass is 10.4. The zero-order chi connectivity index (χ0) is 14.4. The van der Waals surface area contributed by atoms with Crippen LogP contribution in [-0.4, -0.2) is 25.8 Å². The molecule has 6 nitrogen and oxygen atoms in total. The van der Waals surface area contributed by atoms with Crippen LogP contribution in [0.1, 0.15) is 10.5 Å². The molecule has 0 aliphatic carbocycles. The Morgan fingerprint density at radius 2 is 1.47 bits per heavy atom. The summed E-state index contributed by atoms with van der Waals surface area (Å²) in [5.41, 5.74) is 4.82. The number of nitrogens with zero attached hydrogens (tertiary/aromatic N) is 4. The van der Waals surface area contributed by atoms with Crippen molar-refractivity contribution < 1.29 is 4.79 Å². The van der Waals surface area contributed by atoms with E-state index >= 15 is 0 Å². The number of carbonyl (C=O) groups is 1. The molecular weight excluding hydrogens is 336 g/mol. The Hall–Kier alpha value is -1.21. The molecule has 2 N–H and O–H groups in total. The van der Waals surface area contributed by atoms with Crippen molar-refractivity contribution in [3.63, 3.8) is 0 Å². The summed E-state index contributed by atoms with van der Waals surface area (Å²) in [7, 11) is 0. The van der Waals surface area contributed by atoms with Crippen LogP contribution in [0, 0.1) is 0 Å². The summed E-state index contributed by atoms with van der Waals surface area (Å²) in [6, 6.07) is 0. The maximum absolute atomic E-state index is 10.5. The predicted molar refractivity (Wildman–Crippen MR) is 72.6 cm³/mol. The zero-order valence-corrected chi connectivity index (χ0v) is 12.0. The molecule has 100 valence electrons. The van der Waals surface area contributed by atoms with Crippen LogP contribution in [0.5, 0.6) is 0 Å². The molecule has 0 aliphatic rings. The number of hydrogen-bond donors (Lipinski definition) is 1. The van der Waals surface area contributed by atoms with E-state index in [1.807, 2.05) is 0 Å². The van der Waals surface area contributed by atoms with Gasteiger partial charge in [0.15, 0.2) is 10.8 Å². The summed E-state index contributed by atoms with van der Waals surface area (Å²) in [5, 5.41) is 0.681. The van der Waals surface area contributed by atoms with Crippen molar-refractivity contribution in [3.8, 4) is 0 Å². The summed E-state index contributed by atoms with van der Waals surface area (Å²) < 4.78 is 0. The number of nitrogens with two attached hydrogens (primary N) is 1. The van der Waals surface area contributed by atoms with Crippen LogP contribution in [0.2, 0.25) is 20.6 Å². The fourth-order valence-electron chi connectivity index (χ4n) is 0.832. The lowest BCUT2D eigenvalue weighted by molar-refractivity contribution is 0.0995. The average Bonchev–Trinajstić information content (AvgIpc) is 2.28. The first-order valence-electron chi connectivity index (χ1n) is 4.51. The molecule has 2 heterocycles. The lowest BCUT2D eigenvalue weighted by Gasteiger charge is -1.95. The topological polar surface area (TPSA) is 94.7 Å². The van der Waals surface area contributed by atoms with Gasteiger partial charge in [0, 0.05) is 0 Å². The number of aromatic nitrogens is 4. The quantitative estimate of drug-likeness (QED) is 0.861. The SMILES string of the molecule is Clc1cncc(Cl)n1.NC(=O)c1ncc(Cl)nc1Cl. The second-order valence-corrected chi connectivity index (χ2v) is 4.38. The minimum absolute atomic E-state index is 0.0731. The Morgan fingerprint density at radius 1 is 0.947 bits per heavy atom. The highest BCUT2D eigenvalue weighted by Gasteiger charge is 2.08. The van der Waals surface area contributed by atoms with Crippen LogP contribution in [0.25, 0.3) is 0 Å². The van der Waals surface area contributed by atoms with E-state index in [0.717, 1.165) is 0 Å². The number of amides is 1. The van der Waals surface area contributed by atoms with Gasteiger partial charge >= 0.3 is 0 Å². The molecule has 0 aromatic carbocycles. The van der Waals surface area contributed by atoms with E-state index in [0.29, 0.717) is 10.3 Å². The van der Waals surface area contributed by atoms with Crippen molar-refractivity contribution in [1.29, 1.82) is 0 Å². The summed E-state index contributed by atoms with van der Waals surface area (Å²) >= 11 is 21.7. The molecule has 0 fully saturated rings. The second-order valence-electron chi connectivity index (χ2n) is 2.86. The summed E-state index contributed by atoms with van der Waals surface area (Å²) in [6.45, 7) is 0. The maximum atomic E-state index is 10.5. The van der Waals surface area contributed by atoms with Gasteiger partial charge in [0.05, 0.1) is 18.6 Å². The van der Waals surface area contributed by atoms with Gasteiger partial charge in [-0.25, -0.2) is 15.0 Å². The summed E-state index contributed by atoms with van der Waals surface area (Å²) in [6.07, 6.45) is 4.05. The first-order chi connectivity index (χ1) is 8.90. The van der Waals surface area contributed by atoms with Crippen molar-refractivity contribution in [2.24, 2.45) is 5.73 Å². The minimum atomic E-state index is -0.723. The normalized spacial score (nSPS) is 9.47. The van der Waals surface area contributed by atoms with Gasteiger partial charge in [0.25, 0.3) is 5.91 Å². The van der Waals surface area contributed by atoms with Crippen molar-refractivity contribution >= 4 is 52.3 Å². The molecule has 2 aromatic heterocycles. The van der Waals surface area contributed by atoms with E-state index in [1.165, 1.54) is 18.6 Å². The van der Waals surface area contributed by atoms with Crippen LogP contribution < -0.4 is 5.73 Å². The highest BCUT2D eigenvalue weighted by Crippen LogP contribution is 2.12. The number of carbonyl (C=O) groups excluding carboxylic acids is 1. The lowest BCUT2D eigenvalue weighted by Crippen LogP contribution is -2.14. The van der Waals surface area contributed by atoms with Crippen LogP contribution in [0.4, 0.5) is 0 Å². The van der Waals surface area contributed by atoms with E-state index in [1.54, 1.807) is 0 Å². The molecule has 0 radical (unpaired) electrons. The Morgan fingerprint density at radius 3 is 1.84 bits per heavy atom. The number of halogens is 4. The van der Waals surface area contributed by atoms with Gasteiger partial charge in [-0.15, -0.1) is 0 Å². The van der Waals surface area contributed by atoms with Crippen LogP contribution in [0.3, 0.4) is 0 Å². The van der Waals surface area contributed by atoms with Crippen LogP contribution in [0.15, 0.2) is 18.6 Å². The third-order valence-electron chi connectivity index (χ3n) is 1.51. The third-order valence-corrected chi connectivity index (χ3v) is 2.32. The largest absolute Gasteiger partial charge is 0.364 e. The smallest absolute Gasteiger partial charge is 0.270 e. The van der Waals surface area contributed by atoms with E-state index in [4.69, 9.17) is 52.1 Å². The number of hydrogen-bond acceptors (Lipinski definition) is 5. The second kappa shape index (κ2) is 7.40. The maximum Gasteiger partial charge on any atom is 0.270 e. The minimum Gasteiger partial charge on any atom is -0.364 e. The van der Waals surface area contributed by atoms with E-state index in [2.05, 4.69) is 19.9 Å². The molecule has 19 heavy (non-hydrogen) atoms. The molecule has 0 unspecified atom stereocenters. The monoisotopic (exact) mass is 339 g/mol. The van der Waals surface area contributed by atoms with Gasteiger partial charge in [-0.3, -0.25) is 9.78 Å². The van der Waals surface area contributed by atoms with Crippen molar-refractivity contribution in [3.05, 3.63) is 44.9 Å². The molecule has 2 rings (SSSR count). The Labute approximate surface area is 127 Å². The van der Waals surface area contributed by atoms with E-state index < -0.39 is 5.91 Å². The first-order valence-corrected chi connectivity index (χ1v) is 6.02. The molecule has 0 spiro atoms. The van der Waals surface area contributed by atoms with Crippen LogP contribution >= 0.6 is 46.4 Å².